The highest BCUT2D eigenvalue weighted by Gasteiger charge is 2.31. The third kappa shape index (κ3) is 3.07. The summed E-state index contributed by atoms with van der Waals surface area (Å²) in [7, 11) is 0. The van der Waals surface area contributed by atoms with Crippen molar-refractivity contribution in [2.75, 3.05) is 26.2 Å². The van der Waals surface area contributed by atoms with Gasteiger partial charge in [0.2, 0.25) is 0 Å². The van der Waals surface area contributed by atoms with E-state index < -0.39 is 0 Å². The van der Waals surface area contributed by atoms with Gasteiger partial charge in [0.15, 0.2) is 5.65 Å². The number of amides is 1. The molecule has 0 aliphatic carbocycles. The summed E-state index contributed by atoms with van der Waals surface area (Å²) in [4.78, 5) is 22.3. The van der Waals surface area contributed by atoms with Crippen LogP contribution >= 0.6 is 0 Å². The predicted octanol–water partition coefficient (Wildman–Crippen LogP) is 3.10. The Balaban J connectivity index is 1.44. The van der Waals surface area contributed by atoms with Crippen molar-refractivity contribution in [3.8, 4) is 11.3 Å². The molecule has 2 saturated heterocycles. The second kappa shape index (κ2) is 7.36. The van der Waals surface area contributed by atoms with Gasteiger partial charge in [0.1, 0.15) is 5.56 Å². The van der Waals surface area contributed by atoms with Crippen LogP contribution in [0.2, 0.25) is 0 Å². The molecular weight excluding hydrogens is 350 g/mol. The van der Waals surface area contributed by atoms with Crippen molar-refractivity contribution in [3.63, 3.8) is 0 Å². The van der Waals surface area contributed by atoms with Gasteiger partial charge in [-0.3, -0.25) is 9.69 Å². The Kier molecular flexibility index (Phi) is 4.56. The Morgan fingerprint density at radius 2 is 1.82 bits per heavy atom. The van der Waals surface area contributed by atoms with E-state index >= 15 is 0 Å². The van der Waals surface area contributed by atoms with Gasteiger partial charge in [0.25, 0.3) is 5.91 Å². The first-order valence-corrected chi connectivity index (χ1v) is 10.2. The van der Waals surface area contributed by atoms with Crippen molar-refractivity contribution >= 4 is 11.6 Å². The summed E-state index contributed by atoms with van der Waals surface area (Å²) in [6, 6.07) is 12.5. The number of carbonyl (C=O) groups is 1. The molecule has 2 aliphatic rings. The molecule has 144 valence electrons. The van der Waals surface area contributed by atoms with Gasteiger partial charge in [0.05, 0.1) is 11.9 Å². The minimum atomic E-state index is 0.0524. The molecule has 0 unspecified atom stereocenters. The maximum absolute atomic E-state index is 13.3. The molecule has 0 N–H and O–H groups in total. The van der Waals surface area contributed by atoms with E-state index in [2.05, 4.69) is 15.0 Å². The van der Waals surface area contributed by atoms with Crippen LogP contribution in [0.4, 0.5) is 0 Å². The fourth-order valence-corrected chi connectivity index (χ4v) is 4.58. The van der Waals surface area contributed by atoms with Crippen molar-refractivity contribution < 1.29 is 4.79 Å². The summed E-state index contributed by atoms with van der Waals surface area (Å²) in [5, 5.41) is 4.50. The third-order valence-corrected chi connectivity index (χ3v) is 6.04. The van der Waals surface area contributed by atoms with Crippen LogP contribution in [0.1, 0.15) is 36.0 Å². The number of likely N-dealkylation sites (tertiary alicyclic amines) is 2. The summed E-state index contributed by atoms with van der Waals surface area (Å²) >= 11 is 0. The van der Waals surface area contributed by atoms with E-state index in [1.54, 1.807) is 16.9 Å². The third-order valence-electron chi connectivity index (χ3n) is 6.04. The predicted molar refractivity (Wildman–Crippen MR) is 108 cm³/mol. The average molecular weight is 375 g/mol. The highest BCUT2D eigenvalue weighted by molar-refractivity contribution is 6.00. The van der Waals surface area contributed by atoms with Gasteiger partial charge >= 0.3 is 0 Å². The molecule has 3 aromatic rings. The summed E-state index contributed by atoms with van der Waals surface area (Å²) in [5.74, 6) is 0.0524. The van der Waals surface area contributed by atoms with E-state index in [9.17, 15) is 4.79 Å². The number of aromatic nitrogens is 3. The van der Waals surface area contributed by atoms with Crippen LogP contribution in [-0.4, -0.2) is 62.5 Å². The summed E-state index contributed by atoms with van der Waals surface area (Å²) in [6.45, 7) is 3.98. The van der Waals surface area contributed by atoms with Crippen LogP contribution in [-0.2, 0) is 0 Å². The van der Waals surface area contributed by atoms with Gasteiger partial charge in [-0.1, -0.05) is 30.3 Å². The summed E-state index contributed by atoms with van der Waals surface area (Å²) in [5.41, 5.74) is 3.23. The monoisotopic (exact) mass is 375 g/mol. The number of carbonyl (C=O) groups excluding carboxylic acids is 1. The molecule has 6 heteroatoms. The van der Waals surface area contributed by atoms with E-state index in [-0.39, 0.29) is 5.91 Å². The summed E-state index contributed by atoms with van der Waals surface area (Å²) < 4.78 is 1.78. The Morgan fingerprint density at radius 3 is 2.64 bits per heavy atom. The molecule has 0 radical (unpaired) electrons. The Hall–Kier alpha value is -2.73. The number of fused-ring (bicyclic) bond motifs is 1. The van der Waals surface area contributed by atoms with Gasteiger partial charge in [0, 0.05) is 30.9 Å². The molecule has 0 spiro atoms. The molecule has 4 heterocycles. The van der Waals surface area contributed by atoms with E-state index in [0.29, 0.717) is 17.3 Å². The smallest absolute Gasteiger partial charge is 0.259 e. The number of hydrogen-bond acceptors (Lipinski definition) is 4. The van der Waals surface area contributed by atoms with Crippen LogP contribution < -0.4 is 0 Å². The van der Waals surface area contributed by atoms with Gasteiger partial charge in [-0.2, -0.15) is 5.10 Å². The Morgan fingerprint density at radius 1 is 1.00 bits per heavy atom. The number of nitrogens with zero attached hydrogens (tertiary/aromatic N) is 5. The highest BCUT2D eigenvalue weighted by atomic mass is 16.2. The van der Waals surface area contributed by atoms with E-state index in [0.717, 1.165) is 30.8 Å². The SMILES string of the molecule is O=C(c1cnn2c(-c3ccccc3)ccnc12)N1CCC[C@H](N2CCCC2)C1. The van der Waals surface area contributed by atoms with Crippen LogP contribution in [0.15, 0.2) is 48.8 Å². The van der Waals surface area contributed by atoms with Crippen molar-refractivity contribution in [1.29, 1.82) is 0 Å². The molecule has 0 saturated carbocycles. The molecular formula is C22H25N5O. The van der Waals surface area contributed by atoms with E-state index in [1.165, 1.54) is 32.4 Å². The van der Waals surface area contributed by atoms with Gasteiger partial charge in [-0.25, -0.2) is 9.50 Å². The van der Waals surface area contributed by atoms with Crippen LogP contribution in [0.3, 0.4) is 0 Å². The first kappa shape index (κ1) is 17.4. The minimum absolute atomic E-state index is 0.0524. The van der Waals surface area contributed by atoms with Gasteiger partial charge in [-0.15, -0.1) is 0 Å². The quantitative estimate of drug-likeness (QED) is 0.706. The van der Waals surface area contributed by atoms with Crippen molar-refractivity contribution in [2.45, 2.75) is 31.7 Å². The molecule has 1 atom stereocenters. The minimum Gasteiger partial charge on any atom is -0.337 e. The van der Waals surface area contributed by atoms with Crippen molar-refractivity contribution in [2.24, 2.45) is 0 Å². The zero-order valence-electron chi connectivity index (χ0n) is 16.0. The normalized spacial score (nSPS) is 20.7. The molecule has 2 fully saturated rings. The lowest BCUT2D eigenvalue weighted by Crippen LogP contribution is -2.49. The van der Waals surface area contributed by atoms with E-state index in [4.69, 9.17) is 0 Å². The molecule has 1 aromatic carbocycles. The molecule has 5 rings (SSSR count). The lowest BCUT2D eigenvalue weighted by Gasteiger charge is -2.37. The van der Waals surface area contributed by atoms with Crippen LogP contribution in [0.5, 0.6) is 0 Å². The van der Waals surface area contributed by atoms with Gasteiger partial charge in [-0.05, 0) is 44.8 Å². The lowest BCUT2D eigenvalue weighted by atomic mass is 10.0. The molecule has 2 aromatic heterocycles. The van der Waals surface area contributed by atoms with Crippen LogP contribution in [0, 0.1) is 0 Å². The number of rotatable bonds is 3. The maximum Gasteiger partial charge on any atom is 0.259 e. The largest absolute Gasteiger partial charge is 0.337 e. The molecule has 2 aliphatic heterocycles. The second-order valence-electron chi connectivity index (χ2n) is 7.78. The zero-order valence-corrected chi connectivity index (χ0v) is 16.0. The second-order valence-corrected chi connectivity index (χ2v) is 7.78. The zero-order chi connectivity index (χ0) is 18.9. The molecule has 0 bridgehead atoms. The fourth-order valence-electron chi connectivity index (χ4n) is 4.58. The Labute approximate surface area is 164 Å². The summed E-state index contributed by atoms with van der Waals surface area (Å²) in [6.07, 6.45) is 8.26. The first-order valence-electron chi connectivity index (χ1n) is 10.2. The standard InChI is InChI=1S/C22H25N5O/c28-22(26-14-6-9-18(16-26)25-12-4-5-13-25)19-15-24-27-20(10-11-23-21(19)27)17-7-2-1-3-8-17/h1-3,7-8,10-11,15,18H,4-6,9,12-14,16H2/t18-/m0/s1. The lowest BCUT2D eigenvalue weighted by molar-refractivity contribution is 0.0609. The van der Waals surface area contributed by atoms with Crippen LogP contribution in [0.25, 0.3) is 16.9 Å². The first-order chi connectivity index (χ1) is 13.8. The topological polar surface area (TPSA) is 53.7 Å². The van der Waals surface area contributed by atoms with Crippen molar-refractivity contribution in [1.82, 2.24) is 24.4 Å². The number of hydrogen-bond donors (Lipinski definition) is 0. The number of benzene rings is 1. The molecule has 1 amide bonds. The fraction of sp³-hybridized carbons (Fsp3) is 0.409. The van der Waals surface area contributed by atoms with E-state index in [1.807, 2.05) is 41.3 Å². The average Bonchev–Trinajstić information content (AvgIpc) is 3.44. The maximum atomic E-state index is 13.3. The molecule has 28 heavy (non-hydrogen) atoms. The van der Waals surface area contributed by atoms with Crippen molar-refractivity contribution in [3.05, 3.63) is 54.4 Å². The highest BCUT2D eigenvalue weighted by Crippen LogP contribution is 2.24. The molecule has 6 nitrogen and oxygen atoms in total. The number of piperidine rings is 1. The van der Waals surface area contributed by atoms with Gasteiger partial charge < -0.3 is 4.90 Å². The Bertz CT molecular complexity index is 977.